The Kier molecular flexibility index (Phi) is 3.01. The van der Waals surface area contributed by atoms with E-state index in [0.717, 1.165) is 0 Å². The summed E-state index contributed by atoms with van der Waals surface area (Å²) in [5.74, 6) is -0.964. The van der Waals surface area contributed by atoms with Crippen LogP contribution in [0.5, 0.6) is 0 Å². The van der Waals surface area contributed by atoms with Crippen molar-refractivity contribution in [2.45, 2.75) is 0 Å². The Morgan fingerprint density at radius 3 is 2.76 bits per heavy atom. The van der Waals surface area contributed by atoms with Gasteiger partial charge in [0.05, 0.1) is 0 Å². The second-order valence-electron chi connectivity index (χ2n) is 3.41. The molecule has 0 fully saturated rings. The maximum atomic E-state index is 11.1. The van der Waals surface area contributed by atoms with Crippen molar-refractivity contribution < 1.29 is 14.0 Å². The summed E-state index contributed by atoms with van der Waals surface area (Å²) in [7, 11) is 0. The molecule has 3 N–H and O–H groups in total. The number of carbonyl (C=O) groups is 2. The van der Waals surface area contributed by atoms with Gasteiger partial charge in [0.25, 0.3) is 5.91 Å². The van der Waals surface area contributed by atoms with Crippen LogP contribution in [0.15, 0.2) is 28.7 Å². The molecule has 17 heavy (non-hydrogen) atoms. The van der Waals surface area contributed by atoms with Gasteiger partial charge in [-0.1, -0.05) is 0 Å². The molecule has 0 aliphatic carbocycles. The number of nitrogens with two attached hydrogens (primary N) is 1. The smallest absolute Gasteiger partial charge is 0.284 e. The van der Waals surface area contributed by atoms with E-state index in [4.69, 9.17) is 21.8 Å². The molecule has 0 saturated carbocycles. The third kappa shape index (κ3) is 2.39. The Hall–Kier alpha value is -2.01. The lowest BCUT2D eigenvalue weighted by molar-refractivity contribution is -0.113. The van der Waals surface area contributed by atoms with Gasteiger partial charge < -0.3 is 15.5 Å². The van der Waals surface area contributed by atoms with Crippen LogP contribution in [0.1, 0.15) is 10.6 Å². The first-order valence-electron chi connectivity index (χ1n) is 4.79. The lowest BCUT2D eigenvalue weighted by atomic mass is 10.2. The van der Waals surface area contributed by atoms with E-state index in [1.54, 1.807) is 18.2 Å². The number of anilines is 1. The minimum Gasteiger partial charge on any atom is -0.451 e. The summed E-state index contributed by atoms with van der Waals surface area (Å²) in [5, 5.41) is 3.28. The highest BCUT2D eigenvalue weighted by atomic mass is 35.5. The van der Waals surface area contributed by atoms with Crippen molar-refractivity contribution in [2.24, 2.45) is 5.73 Å². The molecule has 0 aliphatic rings. The van der Waals surface area contributed by atoms with E-state index in [9.17, 15) is 9.59 Å². The van der Waals surface area contributed by atoms with Crippen LogP contribution < -0.4 is 11.1 Å². The fourth-order valence-electron chi connectivity index (χ4n) is 1.44. The third-order valence-electron chi connectivity index (χ3n) is 2.16. The molecule has 1 aromatic carbocycles. The van der Waals surface area contributed by atoms with E-state index >= 15 is 0 Å². The number of fused-ring (bicyclic) bond motifs is 1. The Bertz CT molecular complexity index is 591. The Balaban J connectivity index is 2.36. The van der Waals surface area contributed by atoms with Gasteiger partial charge in [-0.2, -0.15) is 0 Å². The first-order chi connectivity index (χ1) is 8.10. The monoisotopic (exact) mass is 252 g/mol. The summed E-state index contributed by atoms with van der Waals surface area (Å²) < 4.78 is 5.20. The summed E-state index contributed by atoms with van der Waals surface area (Å²) in [6, 6.07) is 6.50. The molecule has 0 atom stereocenters. The number of nitrogens with one attached hydrogen (secondary N) is 1. The van der Waals surface area contributed by atoms with Crippen molar-refractivity contribution >= 4 is 40.1 Å². The molecule has 0 radical (unpaired) electrons. The molecule has 0 unspecified atom stereocenters. The zero-order valence-corrected chi connectivity index (χ0v) is 9.45. The highest BCUT2D eigenvalue weighted by Crippen LogP contribution is 2.22. The second-order valence-corrected chi connectivity index (χ2v) is 3.68. The normalized spacial score (nSPS) is 10.4. The zero-order chi connectivity index (χ0) is 12.4. The minimum atomic E-state index is -0.632. The van der Waals surface area contributed by atoms with Crippen LogP contribution in [-0.4, -0.2) is 17.7 Å². The average molecular weight is 253 g/mol. The van der Waals surface area contributed by atoms with Crippen LogP contribution in [0.25, 0.3) is 11.0 Å². The number of rotatable bonds is 3. The predicted octanol–water partition coefficient (Wildman–Crippen LogP) is 1.71. The van der Waals surface area contributed by atoms with Crippen LogP contribution in [0.4, 0.5) is 5.69 Å². The first-order valence-corrected chi connectivity index (χ1v) is 5.33. The van der Waals surface area contributed by atoms with Crippen LogP contribution in [-0.2, 0) is 4.79 Å². The van der Waals surface area contributed by atoms with Gasteiger partial charge in [0, 0.05) is 11.1 Å². The van der Waals surface area contributed by atoms with E-state index in [1.807, 2.05) is 0 Å². The first kappa shape index (κ1) is 11.5. The van der Waals surface area contributed by atoms with Gasteiger partial charge in [-0.25, -0.2) is 0 Å². The lowest BCUT2D eigenvalue weighted by Crippen LogP contribution is -2.12. The van der Waals surface area contributed by atoms with Gasteiger partial charge in [-0.15, -0.1) is 11.6 Å². The number of hydrogen-bond donors (Lipinski definition) is 2. The quantitative estimate of drug-likeness (QED) is 0.816. The van der Waals surface area contributed by atoms with Crippen LogP contribution in [0, 0.1) is 0 Å². The zero-order valence-electron chi connectivity index (χ0n) is 8.70. The number of carbonyl (C=O) groups excluding carboxylic acids is 2. The maximum Gasteiger partial charge on any atom is 0.284 e. The van der Waals surface area contributed by atoms with E-state index in [1.165, 1.54) is 6.07 Å². The predicted molar refractivity (Wildman–Crippen MR) is 64.1 cm³/mol. The Morgan fingerprint density at radius 2 is 2.12 bits per heavy atom. The molecule has 0 aliphatic heterocycles. The summed E-state index contributed by atoms with van der Waals surface area (Å²) in [6.45, 7) is 0. The maximum absolute atomic E-state index is 11.1. The molecule has 1 heterocycles. The van der Waals surface area contributed by atoms with E-state index in [2.05, 4.69) is 5.32 Å². The number of hydrogen-bond acceptors (Lipinski definition) is 3. The van der Waals surface area contributed by atoms with E-state index in [-0.39, 0.29) is 17.5 Å². The number of furan rings is 1. The molecule has 88 valence electrons. The molecule has 2 rings (SSSR count). The van der Waals surface area contributed by atoms with Crippen LogP contribution >= 0.6 is 11.6 Å². The third-order valence-corrected chi connectivity index (χ3v) is 2.41. The summed E-state index contributed by atoms with van der Waals surface area (Å²) in [6.07, 6.45) is 0. The molecule has 5 nitrogen and oxygen atoms in total. The second kappa shape index (κ2) is 4.47. The summed E-state index contributed by atoms with van der Waals surface area (Å²) in [5.41, 5.74) is 6.21. The highest BCUT2D eigenvalue weighted by Gasteiger charge is 2.09. The molecule has 6 heteroatoms. The number of primary amides is 1. The topological polar surface area (TPSA) is 85.3 Å². The number of amides is 2. The minimum absolute atomic E-state index is 0.0841. The van der Waals surface area contributed by atoms with Crippen molar-refractivity contribution in [3.05, 3.63) is 30.0 Å². The van der Waals surface area contributed by atoms with Crippen molar-refractivity contribution in [3.63, 3.8) is 0 Å². The highest BCUT2D eigenvalue weighted by molar-refractivity contribution is 6.29. The Morgan fingerprint density at radius 1 is 1.35 bits per heavy atom. The molecule has 1 aromatic heterocycles. The molecule has 2 aromatic rings. The molecule has 0 saturated heterocycles. The SMILES string of the molecule is NC(=O)c1cc2cc(NC(=O)CCl)ccc2o1. The standard InChI is InChI=1S/C11H9ClN2O3/c12-5-10(15)14-7-1-2-8-6(3-7)4-9(17-8)11(13)16/h1-4H,5H2,(H2,13,16)(H,14,15). The lowest BCUT2D eigenvalue weighted by Gasteiger charge is -2.01. The van der Waals surface area contributed by atoms with Crippen molar-refractivity contribution in [1.82, 2.24) is 0 Å². The number of halogens is 1. The van der Waals surface area contributed by atoms with Gasteiger partial charge in [0.1, 0.15) is 11.5 Å². The Labute approximate surface area is 102 Å². The van der Waals surface area contributed by atoms with Gasteiger partial charge in [-0.3, -0.25) is 9.59 Å². The molecular weight excluding hydrogens is 244 g/mol. The van der Waals surface area contributed by atoms with Crippen molar-refractivity contribution in [1.29, 1.82) is 0 Å². The van der Waals surface area contributed by atoms with Gasteiger partial charge in [0.2, 0.25) is 5.91 Å². The van der Waals surface area contributed by atoms with E-state index in [0.29, 0.717) is 16.7 Å². The molecular formula is C11H9ClN2O3. The van der Waals surface area contributed by atoms with E-state index < -0.39 is 5.91 Å². The average Bonchev–Trinajstić information content (AvgIpc) is 2.72. The fourth-order valence-corrected chi connectivity index (χ4v) is 1.50. The number of alkyl halides is 1. The molecule has 0 bridgehead atoms. The number of benzene rings is 1. The summed E-state index contributed by atoms with van der Waals surface area (Å²) in [4.78, 5) is 22.0. The molecule has 0 spiro atoms. The van der Waals surface area contributed by atoms with Gasteiger partial charge in [0.15, 0.2) is 5.76 Å². The van der Waals surface area contributed by atoms with Gasteiger partial charge >= 0.3 is 0 Å². The molecule has 2 amide bonds. The summed E-state index contributed by atoms with van der Waals surface area (Å²) >= 11 is 5.37. The van der Waals surface area contributed by atoms with Crippen LogP contribution in [0.3, 0.4) is 0 Å². The van der Waals surface area contributed by atoms with Crippen molar-refractivity contribution in [2.75, 3.05) is 11.2 Å². The largest absolute Gasteiger partial charge is 0.451 e. The fraction of sp³-hybridized carbons (Fsp3) is 0.0909. The van der Waals surface area contributed by atoms with Gasteiger partial charge in [-0.05, 0) is 24.3 Å². The van der Waals surface area contributed by atoms with Crippen molar-refractivity contribution in [3.8, 4) is 0 Å². The van der Waals surface area contributed by atoms with Crippen LogP contribution in [0.2, 0.25) is 0 Å².